The van der Waals surface area contributed by atoms with E-state index in [-0.39, 0.29) is 11.7 Å². The summed E-state index contributed by atoms with van der Waals surface area (Å²) in [5, 5.41) is 0. The normalized spacial score (nSPS) is 24.1. The number of hydrogen-bond donors (Lipinski definition) is 0. The number of nitrogens with zero attached hydrogens (tertiary/aromatic N) is 2. The second kappa shape index (κ2) is 5.81. The van der Waals surface area contributed by atoms with Crippen molar-refractivity contribution in [3.63, 3.8) is 0 Å². The number of benzene rings is 1. The van der Waals surface area contributed by atoms with Crippen molar-refractivity contribution in [3.05, 3.63) is 59.8 Å². The maximum absolute atomic E-state index is 13.3. The van der Waals surface area contributed by atoms with Gasteiger partial charge in [0.25, 0.3) is 5.91 Å². The molecule has 120 valence electrons. The molecule has 0 N–H and O–H groups in total. The molecule has 0 aliphatic carbocycles. The fraction of sp³-hybridized carbons (Fsp3) is 0.389. The molecule has 0 radical (unpaired) electrons. The molecule has 0 saturated carbocycles. The average molecular weight is 314 g/mol. The van der Waals surface area contributed by atoms with Crippen molar-refractivity contribution < 1.29 is 13.6 Å². The van der Waals surface area contributed by atoms with Crippen LogP contribution < -0.4 is 0 Å². The number of fused-ring (bicyclic) bond motifs is 2. The molecule has 1 aromatic carbocycles. The van der Waals surface area contributed by atoms with Gasteiger partial charge in [0, 0.05) is 31.2 Å². The first-order chi connectivity index (χ1) is 11.2. The van der Waals surface area contributed by atoms with Crippen LogP contribution in [0.5, 0.6) is 0 Å². The summed E-state index contributed by atoms with van der Waals surface area (Å²) in [6.45, 7) is 3.22. The summed E-state index contributed by atoms with van der Waals surface area (Å²) in [4.78, 5) is 16.9. The maximum atomic E-state index is 13.3. The highest BCUT2D eigenvalue weighted by Crippen LogP contribution is 2.31. The first kappa shape index (κ1) is 14.5. The third-order valence-electron chi connectivity index (χ3n) is 4.82. The number of furan rings is 1. The highest BCUT2D eigenvalue weighted by Gasteiger charge is 2.40. The van der Waals surface area contributed by atoms with Gasteiger partial charge in [-0.15, -0.1) is 0 Å². The molecule has 2 saturated heterocycles. The summed E-state index contributed by atoms with van der Waals surface area (Å²) in [6, 6.07) is 10.2. The Morgan fingerprint density at radius 1 is 1.22 bits per heavy atom. The Balaban J connectivity index is 1.46. The van der Waals surface area contributed by atoms with Crippen molar-refractivity contribution in [2.45, 2.75) is 19.0 Å². The lowest BCUT2D eigenvalue weighted by atomic mass is 9.99. The number of halogens is 1. The zero-order valence-electron chi connectivity index (χ0n) is 12.8. The Bertz CT molecular complexity index is 701. The van der Waals surface area contributed by atoms with Crippen molar-refractivity contribution in [2.24, 2.45) is 5.92 Å². The molecular weight excluding hydrogens is 295 g/mol. The predicted molar refractivity (Wildman–Crippen MR) is 83.3 cm³/mol. The van der Waals surface area contributed by atoms with Crippen molar-refractivity contribution in [3.8, 4) is 0 Å². The number of piperidine rings is 1. The van der Waals surface area contributed by atoms with E-state index in [1.807, 2.05) is 17.0 Å². The van der Waals surface area contributed by atoms with E-state index in [2.05, 4.69) is 4.90 Å². The van der Waals surface area contributed by atoms with Crippen LogP contribution in [0.25, 0.3) is 0 Å². The van der Waals surface area contributed by atoms with E-state index in [9.17, 15) is 9.18 Å². The molecule has 1 aromatic heterocycles. The van der Waals surface area contributed by atoms with Crippen LogP contribution in [0.15, 0.2) is 47.1 Å². The monoisotopic (exact) mass is 314 g/mol. The molecule has 2 atom stereocenters. The lowest BCUT2D eigenvalue weighted by Crippen LogP contribution is -2.45. The molecule has 1 amide bonds. The fourth-order valence-electron chi connectivity index (χ4n) is 3.82. The smallest absolute Gasteiger partial charge is 0.254 e. The lowest BCUT2D eigenvalue weighted by Gasteiger charge is -2.32. The average Bonchev–Trinajstić information content (AvgIpc) is 3.15. The molecule has 0 spiro atoms. The van der Waals surface area contributed by atoms with Gasteiger partial charge in [-0.25, -0.2) is 4.39 Å². The first-order valence-corrected chi connectivity index (χ1v) is 8.00. The largest absolute Gasteiger partial charge is 0.468 e. The molecule has 2 fully saturated rings. The summed E-state index contributed by atoms with van der Waals surface area (Å²) >= 11 is 0. The highest BCUT2D eigenvalue weighted by molar-refractivity contribution is 5.94. The summed E-state index contributed by atoms with van der Waals surface area (Å²) in [5.74, 6) is 1.01. The number of amides is 1. The van der Waals surface area contributed by atoms with Crippen molar-refractivity contribution in [1.82, 2.24) is 9.80 Å². The molecule has 2 aromatic rings. The van der Waals surface area contributed by atoms with Crippen LogP contribution in [0.3, 0.4) is 0 Å². The van der Waals surface area contributed by atoms with Crippen molar-refractivity contribution >= 4 is 5.91 Å². The van der Waals surface area contributed by atoms with Gasteiger partial charge in [-0.1, -0.05) is 6.07 Å². The number of carbonyl (C=O) groups excluding carboxylic acids is 1. The number of rotatable bonds is 3. The Kier molecular flexibility index (Phi) is 3.65. The highest BCUT2D eigenvalue weighted by atomic mass is 19.1. The topological polar surface area (TPSA) is 36.7 Å². The SMILES string of the molecule is O=C(c1cccc(F)c1)N1C[C@H]2C[C@@H](C1)N(Cc1ccco1)C2. The van der Waals surface area contributed by atoms with E-state index >= 15 is 0 Å². The minimum Gasteiger partial charge on any atom is -0.468 e. The summed E-state index contributed by atoms with van der Waals surface area (Å²) < 4.78 is 18.8. The molecule has 23 heavy (non-hydrogen) atoms. The Hall–Kier alpha value is -2.14. The first-order valence-electron chi connectivity index (χ1n) is 8.00. The van der Waals surface area contributed by atoms with Crippen molar-refractivity contribution in [1.29, 1.82) is 0 Å². The van der Waals surface area contributed by atoms with Gasteiger partial charge in [-0.05, 0) is 42.7 Å². The van der Waals surface area contributed by atoms with Gasteiger partial charge in [-0.3, -0.25) is 9.69 Å². The second-order valence-corrected chi connectivity index (χ2v) is 6.48. The molecule has 4 nitrogen and oxygen atoms in total. The lowest BCUT2D eigenvalue weighted by molar-refractivity contribution is 0.0665. The number of hydrogen-bond acceptors (Lipinski definition) is 3. The maximum Gasteiger partial charge on any atom is 0.254 e. The van der Waals surface area contributed by atoms with Crippen LogP contribution in [0.4, 0.5) is 4.39 Å². The third kappa shape index (κ3) is 2.88. The molecule has 2 bridgehead atoms. The standard InChI is InChI=1S/C18H19FN2O2/c19-15-4-1-3-14(8-15)18(22)21-10-13-7-16(11-21)20(9-13)12-17-5-2-6-23-17/h1-6,8,13,16H,7,9-12H2/t13-,16-/m0/s1. The van der Waals surface area contributed by atoms with Crippen LogP contribution >= 0.6 is 0 Å². The minimum absolute atomic E-state index is 0.0703. The van der Waals surface area contributed by atoms with E-state index in [1.165, 1.54) is 12.1 Å². The van der Waals surface area contributed by atoms with Crippen molar-refractivity contribution in [2.75, 3.05) is 19.6 Å². The van der Waals surface area contributed by atoms with Crippen LogP contribution in [0.1, 0.15) is 22.5 Å². The van der Waals surface area contributed by atoms with Gasteiger partial charge < -0.3 is 9.32 Å². The minimum atomic E-state index is -0.365. The molecule has 2 aliphatic heterocycles. The van der Waals surface area contributed by atoms with Gasteiger partial charge in [-0.2, -0.15) is 0 Å². The zero-order valence-corrected chi connectivity index (χ0v) is 12.8. The van der Waals surface area contributed by atoms with Gasteiger partial charge in [0.15, 0.2) is 0 Å². The van der Waals surface area contributed by atoms with Gasteiger partial charge >= 0.3 is 0 Å². The molecule has 2 aliphatic rings. The molecule has 0 unspecified atom stereocenters. The van der Waals surface area contributed by atoms with Crippen LogP contribution in [-0.2, 0) is 6.54 Å². The molecule has 3 heterocycles. The Morgan fingerprint density at radius 2 is 2.13 bits per heavy atom. The van der Waals surface area contributed by atoms with E-state index in [1.54, 1.807) is 18.4 Å². The summed E-state index contributed by atoms with van der Waals surface area (Å²) in [7, 11) is 0. The van der Waals surface area contributed by atoms with E-state index in [0.717, 1.165) is 31.8 Å². The Morgan fingerprint density at radius 3 is 2.91 bits per heavy atom. The van der Waals surface area contributed by atoms with E-state index < -0.39 is 0 Å². The van der Waals surface area contributed by atoms with Crippen LogP contribution in [-0.4, -0.2) is 41.4 Å². The summed E-state index contributed by atoms with van der Waals surface area (Å²) in [6.07, 6.45) is 2.81. The second-order valence-electron chi connectivity index (χ2n) is 6.48. The number of likely N-dealkylation sites (tertiary alicyclic amines) is 2. The van der Waals surface area contributed by atoms with Crippen LogP contribution in [0, 0.1) is 11.7 Å². The number of carbonyl (C=O) groups is 1. The van der Waals surface area contributed by atoms with E-state index in [4.69, 9.17) is 4.42 Å². The quantitative estimate of drug-likeness (QED) is 0.874. The van der Waals surface area contributed by atoms with E-state index in [0.29, 0.717) is 24.1 Å². The molecule has 4 rings (SSSR count). The Labute approximate surface area is 134 Å². The van der Waals surface area contributed by atoms with Gasteiger partial charge in [0.1, 0.15) is 11.6 Å². The van der Waals surface area contributed by atoms with Gasteiger partial charge in [0.2, 0.25) is 0 Å². The predicted octanol–water partition coefficient (Wildman–Crippen LogP) is 2.77. The molecular formula is C18H19FN2O2. The van der Waals surface area contributed by atoms with Crippen LogP contribution in [0.2, 0.25) is 0 Å². The molecule has 5 heteroatoms. The summed E-state index contributed by atoms with van der Waals surface area (Å²) in [5.41, 5.74) is 0.434. The van der Waals surface area contributed by atoms with Gasteiger partial charge in [0.05, 0.1) is 12.8 Å². The zero-order chi connectivity index (χ0) is 15.8. The fourth-order valence-corrected chi connectivity index (χ4v) is 3.82. The third-order valence-corrected chi connectivity index (χ3v) is 4.82.